The van der Waals surface area contributed by atoms with Gasteiger partial charge in [-0.2, -0.15) is 0 Å². The highest BCUT2D eigenvalue weighted by molar-refractivity contribution is 14.1. The van der Waals surface area contributed by atoms with Gasteiger partial charge in [-0.25, -0.2) is 0 Å². The first-order chi connectivity index (χ1) is 7.22. The molecular formula is C11H15IN2O. The molecule has 4 heteroatoms. The predicted octanol–water partition coefficient (Wildman–Crippen LogP) is 1.17. The molecule has 0 saturated heterocycles. The molecule has 3 nitrogen and oxygen atoms in total. The number of nitrogens with one attached hydrogen (secondary N) is 2. The molecule has 0 saturated carbocycles. The monoisotopic (exact) mass is 318 g/mol. The Morgan fingerprint density at radius 2 is 2.20 bits per heavy atom. The lowest BCUT2D eigenvalue weighted by Gasteiger charge is -2.04. The van der Waals surface area contributed by atoms with Crippen LogP contribution in [0.1, 0.15) is 5.56 Å². The molecule has 0 aromatic heterocycles. The van der Waals surface area contributed by atoms with Crippen molar-refractivity contribution in [3.63, 3.8) is 0 Å². The summed E-state index contributed by atoms with van der Waals surface area (Å²) >= 11 is 2.25. The molecule has 82 valence electrons. The third-order valence-electron chi connectivity index (χ3n) is 1.95. The van der Waals surface area contributed by atoms with Crippen LogP contribution in [0, 0.1) is 3.57 Å². The standard InChI is InChI=1S/C11H15IN2O/c1-13-5-6-14-11(15)8-9-3-2-4-10(12)7-9/h2-4,7,13H,5-6,8H2,1H3,(H,14,15). The van der Waals surface area contributed by atoms with Crippen molar-refractivity contribution in [2.45, 2.75) is 6.42 Å². The largest absolute Gasteiger partial charge is 0.355 e. The summed E-state index contributed by atoms with van der Waals surface area (Å²) in [5.41, 5.74) is 1.06. The molecule has 0 aliphatic heterocycles. The summed E-state index contributed by atoms with van der Waals surface area (Å²) in [5.74, 6) is 0.0762. The highest BCUT2D eigenvalue weighted by Gasteiger charge is 2.02. The van der Waals surface area contributed by atoms with Crippen LogP contribution in [-0.2, 0) is 11.2 Å². The first-order valence-electron chi connectivity index (χ1n) is 4.88. The van der Waals surface area contributed by atoms with E-state index in [-0.39, 0.29) is 5.91 Å². The van der Waals surface area contributed by atoms with Crippen LogP contribution < -0.4 is 10.6 Å². The summed E-state index contributed by atoms with van der Waals surface area (Å²) in [5, 5.41) is 5.83. The highest BCUT2D eigenvalue weighted by Crippen LogP contribution is 2.07. The first kappa shape index (κ1) is 12.4. The van der Waals surface area contributed by atoms with Crippen molar-refractivity contribution >= 4 is 28.5 Å². The average molecular weight is 318 g/mol. The fourth-order valence-electron chi connectivity index (χ4n) is 1.22. The van der Waals surface area contributed by atoms with E-state index in [1.54, 1.807) is 0 Å². The van der Waals surface area contributed by atoms with Crippen LogP contribution in [0.4, 0.5) is 0 Å². The molecule has 0 aliphatic rings. The van der Waals surface area contributed by atoms with Crippen molar-refractivity contribution in [2.24, 2.45) is 0 Å². The number of carbonyl (C=O) groups is 1. The molecule has 1 rings (SSSR count). The number of rotatable bonds is 5. The Bertz CT molecular complexity index is 328. The van der Waals surface area contributed by atoms with Gasteiger partial charge < -0.3 is 10.6 Å². The van der Waals surface area contributed by atoms with Gasteiger partial charge in [-0.15, -0.1) is 0 Å². The summed E-state index contributed by atoms with van der Waals surface area (Å²) in [6.45, 7) is 1.48. The molecule has 0 radical (unpaired) electrons. The summed E-state index contributed by atoms with van der Waals surface area (Å²) in [6, 6.07) is 7.99. The molecule has 1 aromatic rings. The SMILES string of the molecule is CNCCNC(=O)Cc1cccc(I)c1. The quantitative estimate of drug-likeness (QED) is 0.632. The number of halogens is 1. The minimum atomic E-state index is 0.0762. The van der Waals surface area contributed by atoms with Gasteiger partial charge in [0, 0.05) is 16.7 Å². The van der Waals surface area contributed by atoms with Gasteiger partial charge >= 0.3 is 0 Å². The smallest absolute Gasteiger partial charge is 0.224 e. The van der Waals surface area contributed by atoms with Gasteiger partial charge in [-0.3, -0.25) is 4.79 Å². The maximum Gasteiger partial charge on any atom is 0.224 e. The second-order valence-electron chi connectivity index (χ2n) is 3.26. The number of amides is 1. The molecule has 0 atom stereocenters. The van der Waals surface area contributed by atoms with Crippen LogP contribution in [0.15, 0.2) is 24.3 Å². The lowest BCUT2D eigenvalue weighted by atomic mass is 10.1. The van der Waals surface area contributed by atoms with E-state index < -0.39 is 0 Å². The number of benzene rings is 1. The van der Waals surface area contributed by atoms with Gasteiger partial charge in [0.1, 0.15) is 0 Å². The van der Waals surface area contributed by atoms with Crippen molar-refractivity contribution < 1.29 is 4.79 Å². The van der Waals surface area contributed by atoms with E-state index in [0.717, 1.165) is 15.7 Å². The summed E-state index contributed by atoms with van der Waals surface area (Å²) in [7, 11) is 1.87. The van der Waals surface area contributed by atoms with E-state index in [9.17, 15) is 4.79 Å². The van der Waals surface area contributed by atoms with E-state index in [1.165, 1.54) is 0 Å². The third-order valence-corrected chi connectivity index (χ3v) is 2.62. The van der Waals surface area contributed by atoms with Crippen LogP contribution in [0.5, 0.6) is 0 Å². The Hall–Kier alpha value is -0.620. The molecule has 0 unspecified atom stereocenters. The third kappa shape index (κ3) is 5.13. The molecular weight excluding hydrogens is 303 g/mol. The minimum absolute atomic E-state index is 0.0762. The lowest BCUT2D eigenvalue weighted by Crippen LogP contribution is -2.31. The van der Waals surface area contributed by atoms with Gasteiger partial charge in [0.05, 0.1) is 6.42 Å². The van der Waals surface area contributed by atoms with Gasteiger partial charge in [-0.1, -0.05) is 12.1 Å². The van der Waals surface area contributed by atoms with Gasteiger partial charge in [0.25, 0.3) is 0 Å². The van der Waals surface area contributed by atoms with Crippen LogP contribution >= 0.6 is 22.6 Å². The zero-order valence-corrected chi connectivity index (χ0v) is 10.9. The van der Waals surface area contributed by atoms with Gasteiger partial charge in [0.15, 0.2) is 0 Å². The average Bonchev–Trinajstić information content (AvgIpc) is 2.18. The second kappa shape index (κ2) is 6.79. The van der Waals surface area contributed by atoms with Crippen molar-refractivity contribution in [3.05, 3.63) is 33.4 Å². The molecule has 2 N–H and O–H groups in total. The van der Waals surface area contributed by atoms with E-state index in [0.29, 0.717) is 13.0 Å². The number of hydrogen-bond acceptors (Lipinski definition) is 2. The zero-order valence-electron chi connectivity index (χ0n) is 8.72. The topological polar surface area (TPSA) is 41.1 Å². The van der Waals surface area contributed by atoms with E-state index in [1.807, 2.05) is 31.3 Å². The molecule has 0 fully saturated rings. The molecule has 0 heterocycles. The van der Waals surface area contributed by atoms with E-state index in [2.05, 4.69) is 33.2 Å². The fourth-order valence-corrected chi connectivity index (χ4v) is 1.83. The molecule has 0 bridgehead atoms. The maximum atomic E-state index is 11.5. The number of likely N-dealkylation sites (N-methyl/N-ethyl adjacent to an activating group) is 1. The highest BCUT2D eigenvalue weighted by atomic mass is 127. The normalized spacial score (nSPS) is 10.0. The molecule has 0 spiro atoms. The van der Waals surface area contributed by atoms with Crippen LogP contribution in [-0.4, -0.2) is 26.0 Å². The van der Waals surface area contributed by atoms with Crippen molar-refractivity contribution in [2.75, 3.05) is 20.1 Å². The summed E-state index contributed by atoms with van der Waals surface area (Å²) < 4.78 is 1.16. The van der Waals surface area contributed by atoms with Crippen LogP contribution in [0.3, 0.4) is 0 Å². The molecule has 1 amide bonds. The lowest BCUT2D eigenvalue weighted by molar-refractivity contribution is -0.120. The van der Waals surface area contributed by atoms with Crippen molar-refractivity contribution in [3.8, 4) is 0 Å². The van der Waals surface area contributed by atoms with E-state index in [4.69, 9.17) is 0 Å². The first-order valence-corrected chi connectivity index (χ1v) is 5.96. The number of hydrogen-bond donors (Lipinski definition) is 2. The summed E-state index contributed by atoms with van der Waals surface area (Å²) in [6.07, 6.45) is 0.459. The van der Waals surface area contributed by atoms with Crippen molar-refractivity contribution in [1.82, 2.24) is 10.6 Å². The summed E-state index contributed by atoms with van der Waals surface area (Å²) in [4.78, 5) is 11.5. The Morgan fingerprint density at radius 3 is 2.87 bits per heavy atom. The second-order valence-corrected chi connectivity index (χ2v) is 4.51. The minimum Gasteiger partial charge on any atom is -0.355 e. The Kier molecular flexibility index (Phi) is 5.63. The Balaban J connectivity index is 2.37. The molecule has 15 heavy (non-hydrogen) atoms. The Labute approximate surface area is 104 Å². The zero-order chi connectivity index (χ0) is 11.1. The predicted molar refractivity (Wildman–Crippen MR) is 69.8 cm³/mol. The fraction of sp³-hybridized carbons (Fsp3) is 0.364. The van der Waals surface area contributed by atoms with E-state index >= 15 is 0 Å². The van der Waals surface area contributed by atoms with Gasteiger partial charge in [-0.05, 0) is 47.3 Å². The number of carbonyl (C=O) groups excluding carboxylic acids is 1. The van der Waals surface area contributed by atoms with Gasteiger partial charge in [0.2, 0.25) is 5.91 Å². The Morgan fingerprint density at radius 1 is 1.40 bits per heavy atom. The molecule has 0 aliphatic carbocycles. The maximum absolute atomic E-state index is 11.5. The van der Waals surface area contributed by atoms with Crippen LogP contribution in [0.2, 0.25) is 0 Å². The van der Waals surface area contributed by atoms with Crippen LogP contribution in [0.25, 0.3) is 0 Å². The molecule has 1 aromatic carbocycles. The van der Waals surface area contributed by atoms with Crippen molar-refractivity contribution in [1.29, 1.82) is 0 Å².